The lowest BCUT2D eigenvalue weighted by molar-refractivity contribution is -0.0139. The van der Waals surface area contributed by atoms with E-state index in [1.54, 1.807) is 0 Å². The fourth-order valence-corrected chi connectivity index (χ4v) is 5.66. The molecule has 2 saturated heterocycles. The van der Waals surface area contributed by atoms with Gasteiger partial charge < -0.3 is 19.3 Å². The number of pyridine rings is 1. The summed E-state index contributed by atoms with van der Waals surface area (Å²) in [6.45, 7) is 11.4. The van der Waals surface area contributed by atoms with Crippen molar-refractivity contribution in [2.24, 2.45) is 13.0 Å². The highest BCUT2D eigenvalue weighted by Gasteiger charge is 2.31. The fourth-order valence-electron chi connectivity index (χ4n) is 5.66. The largest absolute Gasteiger partial charge is 0.390 e. The van der Waals surface area contributed by atoms with Gasteiger partial charge in [0.1, 0.15) is 11.5 Å². The van der Waals surface area contributed by atoms with E-state index in [2.05, 4.69) is 30.8 Å². The molecule has 0 radical (unpaired) electrons. The molecule has 4 aromatic heterocycles. The van der Waals surface area contributed by atoms with Crippen molar-refractivity contribution in [2.75, 3.05) is 44.3 Å². The minimum absolute atomic E-state index is 0.333. The van der Waals surface area contributed by atoms with E-state index in [1.807, 2.05) is 45.2 Å². The minimum Gasteiger partial charge on any atom is -0.390 e. The van der Waals surface area contributed by atoms with Gasteiger partial charge in [0, 0.05) is 26.3 Å². The van der Waals surface area contributed by atoms with Crippen molar-refractivity contribution in [3.63, 3.8) is 0 Å². The first-order valence-electron chi connectivity index (χ1n) is 13.2. The number of nitrogens with zero attached hydrogens (tertiary/aromatic N) is 8. The van der Waals surface area contributed by atoms with Crippen molar-refractivity contribution in [2.45, 2.75) is 45.8 Å². The van der Waals surface area contributed by atoms with Gasteiger partial charge in [-0.15, -0.1) is 0 Å². The highest BCUT2D eigenvalue weighted by molar-refractivity contribution is 5.86. The molecule has 0 bridgehead atoms. The summed E-state index contributed by atoms with van der Waals surface area (Å²) in [7, 11) is 2.05. The molecule has 2 aliphatic rings. The number of anilines is 1. The Labute approximate surface area is 216 Å². The van der Waals surface area contributed by atoms with E-state index >= 15 is 0 Å². The van der Waals surface area contributed by atoms with Gasteiger partial charge >= 0.3 is 0 Å². The maximum atomic E-state index is 10.4. The molecule has 0 amide bonds. The molecule has 37 heavy (non-hydrogen) atoms. The van der Waals surface area contributed by atoms with Crippen LogP contribution in [0.15, 0.2) is 24.4 Å². The van der Waals surface area contributed by atoms with Crippen LogP contribution >= 0.6 is 0 Å². The van der Waals surface area contributed by atoms with Crippen molar-refractivity contribution in [1.82, 2.24) is 33.8 Å². The van der Waals surface area contributed by atoms with Crippen LogP contribution < -0.4 is 4.90 Å². The lowest BCUT2D eigenvalue weighted by atomic mass is 9.83. The lowest BCUT2D eigenvalue weighted by Gasteiger charge is -2.37. The van der Waals surface area contributed by atoms with E-state index in [-0.39, 0.29) is 0 Å². The molecular weight excluding hydrogens is 468 g/mol. The number of likely N-dealkylation sites (tertiary alicyclic amines) is 1. The van der Waals surface area contributed by atoms with Crippen LogP contribution in [0.3, 0.4) is 0 Å². The number of aliphatic hydroxyl groups is 1. The summed E-state index contributed by atoms with van der Waals surface area (Å²) in [6.07, 6.45) is 4.01. The average molecular weight is 505 g/mol. The molecule has 2 aliphatic heterocycles. The monoisotopic (exact) mass is 504 g/mol. The van der Waals surface area contributed by atoms with Crippen LogP contribution in [-0.2, 0) is 18.3 Å². The Morgan fingerprint density at radius 1 is 1.03 bits per heavy atom. The molecule has 1 N–H and O–H groups in total. The number of hydrogen-bond acceptors (Lipinski definition) is 8. The Morgan fingerprint density at radius 3 is 2.51 bits per heavy atom. The fraction of sp³-hybridized carbons (Fsp3) is 0.556. The Bertz CT molecular complexity index is 1420. The highest BCUT2D eigenvalue weighted by atomic mass is 16.5. The van der Waals surface area contributed by atoms with E-state index in [0.29, 0.717) is 25.0 Å². The first-order chi connectivity index (χ1) is 17.8. The first-order valence-corrected chi connectivity index (χ1v) is 13.2. The number of hydrogen-bond donors (Lipinski definition) is 1. The Kier molecular flexibility index (Phi) is 6.13. The molecule has 2 fully saturated rings. The zero-order valence-electron chi connectivity index (χ0n) is 22.2. The average Bonchev–Trinajstić information content (AvgIpc) is 3.42. The van der Waals surface area contributed by atoms with E-state index in [1.165, 1.54) is 0 Å². The molecule has 0 unspecified atom stereocenters. The van der Waals surface area contributed by atoms with E-state index in [0.717, 1.165) is 85.4 Å². The SMILES string of the molecule is Cc1cn2c(-c3nc(N4CCOCC4)c4nc(CN5CCC(C(C)(C)O)CC5)n(C)c4n3)cccc2n1. The Hall–Kier alpha value is -3.08. The van der Waals surface area contributed by atoms with Gasteiger partial charge in [0.15, 0.2) is 22.8 Å². The van der Waals surface area contributed by atoms with Crippen LogP contribution in [0.1, 0.15) is 38.2 Å². The van der Waals surface area contributed by atoms with Crippen molar-refractivity contribution in [1.29, 1.82) is 0 Å². The quantitative estimate of drug-likeness (QED) is 0.443. The minimum atomic E-state index is -0.625. The molecule has 10 nitrogen and oxygen atoms in total. The van der Waals surface area contributed by atoms with Crippen molar-refractivity contribution in [3.05, 3.63) is 35.9 Å². The maximum Gasteiger partial charge on any atom is 0.180 e. The molecule has 6 rings (SSSR count). The first kappa shape index (κ1) is 24.3. The summed E-state index contributed by atoms with van der Waals surface area (Å²) in [6, 6.07) is 6.05. The summed E-state index contributed by atoms with van der Waals surface area (Å²) in [5.41, 5.74) is 3.79. The van der Waals surface area contributed by atoms with Gasteiger partial charge in [0.25, 0.3) is 0 Å². The molecule has 196 valence electrons. The summed E-state index contributed by atoms with van der Waals surface area (Å²) in [5, 5.41) is 10.4. The highest BCUT2D eigenvalue weighted by Crippen LogP contribution is 2.31. The molecular formula is C27H36N8O2. The van der Waals surface area contributed by atoms with Gasteiger partial charge in [0.2, 0.25) is 0 Å². The number of ether oxygens (including phenoxy) is 1. The second kappa shape index (κ2) is 9.34. The zero-order chi connectivity index (χ0) is 25.7. The van der Waals surface area contributed by atoms with Crippen molar-refractivity contribution < 1.29 is 9.84 Å². The van der Waals surface area contributed by atoms with Crippen molar-refractivity contribution in [3.8, 4) is 11.5 Å². The second-order valence-corrected chi connectivity index (χ2v) is 11.0. The molecule has 0 saturated carbocycles. The summed E-state index contributed by atoms with van der Waals surface area (Å²) < 4.78 is 9.80. The van der Waals surface area contributed by atoms with Crippen LogP contribution in [0.4, 0.5) is 5.82 Å². The van der Waals surface area contributed by atoms with E-state index in [9.17, 15) is 5.11 Å². The smallest absolute Gasteiger partial charge is 0.180 e. The van der Waals surface area contributed by atoms with Gasteiger partial charge in [0.05, 0.1) is 36.7 Å². The molecule has 0 aliphatic carbocycles. The number of morpholine rings is 1. The number of imidazole rings is 2. The molecule has 0 spiro atoms. The third kappa shape index (κ3) is 4.58. The van der Waals surface area contributed by atoms with Crippen LogP contribution in [-0.4, -0.2) is 83.9 Å². The van der Waals surface area contributed by atoms with Gasteiger partial charge in [-0.05, 0) is 64.8 Å². The number of rotatable bonds is 5. The van der Waals surface area contributed by atoms with Crippen LogP contribution in [0.2, 0.25) is 0 Å². The van der Waals surface area contributed by atoms with Gasteiger partial charge in [-0.3, -0.25) is 9.30 Å². The number of aryl methyl sites for hydroxylation is 2. The molecule has 0 aromatic carbocycles. The summed E-state index contributed by atoms with van der Waals surface area (Å²) in [4.78, 5) is 24.6. The third-order valence-electron chi connectivity index (χ3n) is 7.90. The molecule has 10 heteroatoms. The Balaban J connectivity index is 1.40. The van der Waals surface area contributed by atoms with Gasteiger partial charge in [-0.25, -0.2) is 19.9 Å². The number of aromatic nitrogens is 6. The van der Waals surface area contributed by atoms with E-state index in [4.69, 9.17) is 19.7 Å². The van der Waals surface area contributed by atoms with Crippen LogP contribution in [0.25, 0.3) is 28.3 Å². The van der Waals surface area contributed by atoms with Gasteiger partial charge in [-0.1, -0.05) is 6.07 Å². The van der Waals surface area contributed by atoms with Crippen LogP contribution in [0, 0.1) is 12.8 Å². The molecule has 0 atom stereocenters. The maximum absolute atomic E-state index is 10.4. The predicted octanol–water partition coefficient (Wildman–Crippen LogP) is 2.81. The van der Waals surface area contributed by atoms with Gasteiger partial charge in [-0.2, -0.15) is 0 Å². The number of piperidine rings is 1. The summed E-state index contributed by atoms with van der Waals surface area (Å²) >= 11 is 0. The lowest BCUT2D eigenvalue weighted by Crippen LogP contribution is -2.41. The topological polar surface area (TPSA) is 96.8 Å². The van der Waals surface area contributed by atoms with Crippen molar-refractivity contribution >= 4 is 22.6 Å². The summed E-state index contributed by atoms with van der Waals surface area (Å²) in [5.74, 6) is 2.84. The predicted molar refractivity (Wildman–Crippen MR) is 143 cm³/mol. The zero-order valence-corrected chi connectivity index (χ0v) is 22.2. The Morgan fingerprint density at radius 2 is 1.78 bits per heavy atom. The molecule has 4 aromatic rings. The molecule has 6 heterocycles. The van der Waals surface area contributed by atoms with Crippen LogP contribution in [0.5, 0.6) is 0 Å². The third-order valence-corrected chi connectivity index (χ3v) is 7.90. The van der Waals surface area contributed by atoms with E-state index < -0.39 is 5.60 Å². The standard InChI is InChI=1S/C27H36N8O2/c1-18-16-35-20(6-5-7-21(35)28-18)24-30-25-23(26(31-24)34-12-14-37-15-13-34)29-22(32(25)4)17-33-10-8-19(9-11-33)27(2,3)36/h5-7,16,19,36H,8-15,17H2,1-4H3. The second-order valence-electron chi connectivity index (χ2n) is 11.0. The normalized spacial score (nSPS) is 18.4. The number of fused-ring (bicyclic) bond motifs is 2.